The summed E-state index contributed by atoms with van der Waals surface area (Å²) in [4.78, 5) is 28.1. The highest BCUT2D eigenvalue weighted by Gasteiger charge is 2.23. The van der Waals surface area contributed by atoms with Crippen molar-refractivity contribution in [3.05, 3.63) is 51.9 Å². The standard InChI is InChI=1S/C23H27N7O2S/c1-15-4-6-17(7-5-15)13-29-21(32)20-18(12-24-27(20)3)30-22(29)25-26-23(30)33-14-19(31)28-10-8-16(2)9-11-28/h4-7,12,16H,8-11,13-14H2,1-3H3. The van der Waals surface area contributed by atoms with Crippen molar-refractivity contribution >= 4 is 34.5 Å². The summed E-state index contributed by atoms with van der Waals surface area (Å²) in [7, 11) is 1.75. The van der Waals surface area contributed by atoms with Crippen LogP contribution in [0.5, 0.6) is 0 Å². The van der Waals surface area contributed by atoms with E-state index in [-0.39, 0.29) is 17.2 Å². The molecule has 1 saturated heterocycles. The molecule has 1 aromatic carbocycles. The quantitative estimate of drug-likeness (QED) is 0.421. The summed E-state index contributed by atoms with van der Waals surface area (Å²) in [6.45, 7) is 6.25. The normalized spacial score (nSPS) is 15.1. The van der Waals surface area contributed by atoms with Gasteiger partial charge in [0.1, 0.15) is 5.52 Å². The fourth-order valence-electron chi connectivity index (χ4n) is 4.29. The Balaban J connectivity index is 1.51. The van der Waals surface area contributed by atoms with Gasteiger partial charge in [0, 0.05) is 20.1 Å². The van der Waals surface area contributed by atoms with Crippen molar-refractivity contribution in [1.29, 1.82) is 0 Å². The van der Waals surface area contributed by atoms with E-state index in [1.807, 2.05) is 40.5 Å². The maximum atomic E-state index is 13.4. The van der Waals surface area contributed by atoms with Crippen LogP contribution in [0.25, 0.3) is 16.8 Å². The number of hydrogen-bond donors (Lipinski definition) is 0. The first kappa shape index (κ1) is 21.7. The van der Waals surface area contributed by atoms with E-state index in [1.165, 1.54) is 11.8 Å². The van der Waals surface area contributed by atoms with Gasteiger partial charge in [-0.3, -0.25) is 23.2 Å². The van der Waals surface area contributed by atoms with Gasteiger partial charge < -0.3 is 4.90 Å². The number of aryl methyl sites for hydroxylation is 2. The maximum Gasteiger partial charge on any atom is 0.281 e. The van der Waals surface area contributed by atoms with Crippen molar-refractivity contribution < 1.29 is 4.79 Å². The molecular formula is C23H27N7O2S. The number of aromatic nitrogens is 6. The fraction of sp³-hybridized carbons (Fsp3) is 0.435. The van der Waals surface area contributed by atoms with Crippen LogP contribution < -0.4 is 5.56 Å². The summed E-state index contributed by atoms with van der Waals surface area (Å²) in [6.07, 6.45) is 3.75. The average molecular weight is 466 g/mol. The molecule has 3 aromatic heterocycles. The van der Waals surface area contributed by atoms with Gasteiger partial charge in [0.25, 0.3) is 5.56 Å². The molecular weight excluding hydrogens is 438 g/mol. The molecule has 0 saturated carbocycles. The van der Waals surface area contributed by atoms with Crippen LogP contribution in [0.2, 0.25) is 0 Å². The minimum absolute atomic E-state index is 0.110. The number of likely N-dealkylation sites (tertiary alicyclic amines) is 1. The Morgan fingerprint density at radius 2 is 1.88 bits per heavy atom. The third kappa shape index (κ3) is 4.03. The molecule has 0 N–H and O–H groups in total. The van der Waals surface area contributed by atoms with Crippen molar-refractivity contribution in [1.82, 2.24) is 33.8 Å². The van der Waals surface area contributed by atoms with Crippen LogP contribution in [0.4, 0.5) is 0 Å². The van der Waals surface area contributed by atoms with E-state index in [0.717, 1.165) is 37.1 Å². The lowest BCUT2D eigenvalue weighted by molar-refractivity contribution is -0.129. The number of carbonyl (C=O) groups excluding carboxylic acids is 1. The van der Waals surface area contributed by atoms with Gasteiger partial charge in [-0.1, -0.05) is 48.5 Å². The molecule has 1 aliphatic rings. The predicted octanol–water partition coefficient (Wildman–Crippen LogP) is 2.49. The zero-order chi connectivity index (χ0) is 23.1. The lowest BCUT2D eigenvalue weighted by Crippen LogP contribution is -2.38. The molecule has 5 rings (SSSR count). The van der Waals surface area contributed by atoms with Crippen LogP contribution >= 0.6 is 11.8 Å². The van der Waals surface area contributed by atoms with Crippen LogP contribution in [-0.4, -0.2) is 58.6 Å². The van der Waals surface area contributed by atoms with Crippen molar-refractivity contribution in [2.75, 3.05) is 18.8 Å². The van der Waals surface area contributed by atoms with E-state index in [4.69, 9.17) is 0 Å². The van der Waals surface area contributed by atoms with Gasteiger partial charge in [0.2, 0.25) is 11.7 Å². The highest BCUT2D eigenvalue weighted by Crippen LogP contribution is 2.23. The molecule has 4 heterocycles. The first-order valence-electron chi connectivity index (χ1n) is 11.2. The van der Waals surface area contributed by atoms with E-state index in [9.17, 15) is 9.59 Å². The molecule has 1 fully saturated rings. The topological polar surface area (TPSA) is 90.3 Å². The van der Waals surface area contributed by atoms with Crippen molar-refractivity contribution in [3.63, 3.8) is 0 Å². The van der Waals surface area contributed by atoms with E-state index in [0.29, 0.717) is 34.4 Å². The van der Waals surface area contributed by atoms with Crippen LogP contribution in [0.15, 0.2) is 40.4 Å². The number of carbonyl (C=O) groups is 1. The lowest BCUT2D eigenvalue weighted by atomic mass is 9.99. The van der Waals surface area contributed by atoms with Crippen LogP contribution in [0.1, 0.15) is 30.9 Å². The second-order valence-electron chi connectivity index (χ2n) is 8.85. The van der Waals surface area contributed by atoms with Crippen molar-refractivity contribution in [3.8, 4) is 0 Å². The molecule has 0 spiro atoms. The molecule has 0 radical (unpaired) electrons. The Morgan fingerprint density at radius 3 is 2.61 bits per heavy atom. The number of nitrogens with zero attached hydrogens (tertiary/aromatic N) is 7. The zero-order valence-corrected chi connectivity index (χ0v) is 19.9. The molecule has 0 atom stereocenters. The molecule has 9 nitrogen and oxygen atoms in total. The number of rotatable bonds is 5. The van der Waals surface area contributed by atoms with E-state index in [1.54, 1.807) is 22.5 Å². The largest absolute Gasteiger partial charge is 0.342 e. The monoisotopic (exact) mass is 465 g/mol. The number of benzene rings is 1. The highest BCUT2D eigenvalue weighted by atomic mass is 32.2. The smallest absolute Gasteiger partial charge is 0.281 e. The van der Waals surface area contributed by atoms with Crippen LogP contribution in [0, 0.1) is 12.8 Å². The van der Waals surface area contributed by atoms with Gasteiger partial charge in [0.05, 0.1) is 18.5 Å². The number of fused-ring (bicyclic) bond motifs is 3. The fourth-order valence-corrected chi connectivity index (χ4v) is 5.13. The Bertz CT molecular complexity index is 1380. The molecule has 172 valence electrons. The first-order valence-corrected chi connectivity index (χ1v) is 12.2. The lowest BCUT2D eigenvalue weighted by Gasteiger charge is -2.30. The van der Waals surface area contributed by atoms with Gasteiger partial charge in [-0.25, -0.2) is 0 Å². The van der Waals surface area contributed by atoms with Gasteiger partial charge in [0.15, 0.2) is 10.7 Å². The zero-order valence-electron chi connectivity index (χ0n) is 19.1. The third-order valence-electron chi connectivity index (χ3n) is 6.39. The Morgan fingerprint density at radius 1 is 1.15 bits per heavy atom. The summed E-state index contributed by atoms with van der Waals surface area (Å²) in [6, 6.07) is 8.07. The van der Waals surface area contributed by atoms with Gasteiger partial charge in [-0.2, -0.15) is 5.10 Å². The summed E-state index contributed by atoms with van der Waals surface area (Å²) in [5.41, 5.74) is 3.11. The van der Waals surface area contributed by atoms with Gasteiger partial charge in [-0.05, 0) is 31.2 Å². The summed E-state index contributed by atoms with van der Waals surface area (Å²) < 4.78 is 5.05. The average Bonchev–Trinajstić information content (AvgIpc) is 3.40. The Labute approximate surface area is 195 Å². The minimum atomic E-state index is -0.166. The van der Waals surface area contributed by atoms with E-state index >= 15 is 0 Å². The third-order valence-corrected chi connectivity index (χ3v) is 7.30. The number of piperidine rings is 1. The number of thioether (sulfide) groups is 1. The maximum absolute atomic E-state index is 13.4. The summed E-state index contributed by atoms with van der Waals surface area (Å²) >= 11 is 1.35. The molecule has 10 heteroatoms. The number of amides is 1. The predicted molar refractivity (Wildman–Crippen MR) is 128 cm³/mol. The van der Waals surface area contributed by atoms with Crippen molar-refractivity contribution in [2.45, 2.75) is 38.4 Å². The van der Waals surface area contributed by atoms with Gasteiger partial charge in [-0.15, -0.1) is 10.2 Å². The molecule has 0 aliphatic carbocycles. The summed E-state index contributed by atoms with van der Waals surface area (Å²) in [5, 5.41) is 13.6. The first-order chi connectivity index (χ1) is 15.9. The number of hydrogen-bond acceptors (Lipinski definition) is 6. The van der Waals surface area contributed by atoms with E-state index in [2.05, 4.69) is 22.2 Å². The molecule has 1 amide bonds. The van der Waals surface area contributed by atoms with Crippen LogP contribution in [-0.2, 0) is 18.4 Å². The molecule has 0 unspecified atom stereocenters. The molecule has 4 aromatic rings. The summed E-state index contributed by atoms with van der Waals surface area (Å²) in [5.74, 6) is 1.52. The SMILES string of the molecule is Cc1ccc(Cn2c(=O)c3c(cnn3C)n3c(SCC(=O)N4CCC(C)CC4)nnc23)cc1. The second kappa shape index (κ2) is 8.66. The molecule has 0 bridgehead atoms. The van der Waals surface area contributed by atoms with Crippen molar-refractivity contribution in [2.24, 2.45) is 13.0 Å². The Kier molecular flexibility index (Phi) is 5.69. The highest BCUT2D eigenvalue weighted by molar-refractivity contribution is 7.99. The second-order valence-corrected chi connectivity index (χ2v) is 9.79. The van der Waals surface area contributed by atoms with E-state index < -0.39 is 0 Å². The molecule has 33 heavy (non-hydrogen) atoms. The van der Waals surface area contributed by atoms with Gasteiger partial charge >= 0.3 is 0 Å². The minimum Gasteiger partial charge on any atom is -0.342 e. The Hall–Kier alpha value is -3.14. The molecule has 1 aliphatic heterocycles. The van der Waals surface area contributed by atoms with Crippen LogP contribution in [0.3, 0.4) is 0 Å².